The first kappa shape index (κ1) is 13.6. The van der Waals surface area contributed by atoms with Gasteiger partial charge in [-0.25, -0.2) is 13.1 Å². The highest BCUT2D eigenvalue weighted by Crippen LogP contribution is 2.15. The van der Waals surface area contributed by atoms with Gasteiger partial charge in [-0.15, -0.1) is 0 Å². The van der Waals surface area contributed by atoms with E-state index >= 15 is 0 Å². The van der Waals surface area contributed by atoms with Crippen LogP contribution in [-0.4, -0.2) is 18.6 Å². The summed E-state index contributed by atoms with van der Waals surface area (Å²) >= 11 is 0. The van der Waals surface area contributed by atoms with Crippen LogP contribution in [0.5, 0.6) is 0 Å². The van der Waals surface area contributed by atoms with E-state index in [1.165, 1.54) is 6.20 Å². The van der Waals surface area contributed by atoms with E-state index in [1.54, 1.807) is 0 Å². The molecule has 2 aromatic rings. The minimum atomic E-state index is -3.64. The molecule has 0 saturated heterocycles. The van der Waals surface area contributed by atoms with Crippen molar-refractivity contribution in [2.45, 2.75) is 24.8 Å². The molecule has 1 aromatic heterocycles. The van der Waals surface area contributed by atoms with Crippen molar-refractivity contribution in [1.82, 2.24) is 14.9 Å². The van der Waals surface area contributed by atoms with Gasteiger partial charge in [-0.05, 0) is 17.5 Å². The predicted octanol–water partition coefficient (Wildman–Crippen LogP) is 1.03. The van der Waals surface area contributed by atoms with E-state index < -0.39 is 10.0 Å². The normalized spacial score (nSPS) is 11.6. The van der Waals surface area contributed by atoms with Crippen LogP contribution >= 0.6 is 0 Å². The third-order valence-electron chi connectivity index (χ3n) is 2.87. The molecule has 0 atom stereocenters. The van der Waals surface area contributed by atoms with Crippen LogP contribution in [0.15, 0.2) is 35.4 Å². The molecule has 19 heavy (non-hydrogen) atoms. The molecule has 0 unspecified atom stereocenters. The van der Waals surface area contributed by atoms with E-state index in [0.717, 1.165) is 17.5 Å². The van der Waals surface area contributed by atoms with E-state index in [9.17, 15) is 8.42 Å². The number of sulfonamides is 1. The fraction of sp³-hybridized carbons (Fsp3) is 0.250. The number of aromatic nitrogens is 2. The molecule has 0 aliphatic carbocycles. The highest BCUT2D eigenvalue weighted by atomic mass is 32.2. The first-order valence-electron chi connectivity index (χ1n) is 5.90. The van der Waals surface area contributed by atoms with Crippen molar-refractivity contribution < 1.29 is 8.42 Å². The fourth-order valence-corrected chi connectivity index (χ4v) is 2.85. The Bertz CT molecular complexity index is 664. The van der Waals surface area contributed by atoms with Gasteiger partial charge in [-0.2, -0.15) is 5.10 Å². The van der Waals surface area contributed by atoms with Crippen LogP contribution in [0.4, 0.5) is 5.82 Å². The Morgan fingerprint density at radius 3 is 2.58 bits per heavy atom. The van der Waals surface area contributed by atoms with E-state index in [0.29, 0.717) is 0 Å². The van der Waals surface area contributed by atoms with Crippen LogP contribution in [0.3, 0.4) is 0 Å². The van der Waals surface area contributed by atoms with Crippen molar-refractivity contribution in [3.63, 3.8) is 0 Å². The zero-order chi connectivity index (χ0) is 13.9. The number of H-pyrrole nitrogens is 1. The van der Waals surface area contributed by atoms with E-state index in [2.05, 4.69) is 14.9 Å². The lowest BCUT2D eigenvalue weighted by molar-refractivity contribution is 0.581. The molecule has 0 amide bonds. The average Bonchev–Trinajstić information content (AvgIpc) is 2.84. The maximum atomic E-state index is 12.0. The average molecular weight is 280 g/mol. The summed E-state index contributed by atoms with van der Waals surface area (Å²) < 4.78 is 26.6. The van der Waals surface area contributed by atoms with Crippen LogP contribution in [0.1, 0.15) is 18.1 Å². The first-order valence-corrected chi connectivity index (χ1v) is 7.38. The quantitative estimate of drug-likeness (QED) is 0.761. The highest BCUT2D eigenvalue weighted by Gasteiger charge is 2.19. The summed E-state index contributed by atoms with van der Waals surface area (Å²) in [6.45, 7) is 2.26. The Labute approximate surface area is 112 Å². The molecular formula is C12H16N4O2S. The summed E-state index contributed by atoms with van der Waals surface area (Å²) in [5.74, 6) is 0.0382. The largest absolute Gasteiger partial charge is 0.383 e. The number of benzene rings is 1. The number of nitrogen functional groups attached to an aromatic ring is 1. The summed E-state index contributed by atoms with van der Waals surface area (Å²) in [5, 5.41) is 6.01. The fourth-order valence-electron chi connectivity index (χ4n) is 1.82. The number of aryl methyl sites for hydroxylation is 1. The molecule has 0 saturated carbocycles. The molecule has 102 valence electrons. The van der Waals surface area contributed by atoms with Gasteiger partial charge in [0.15, 0.2) is 0 Å². The van der Waals surface area contributed by atoms with Crippen LogP contribution in [0, 0.1) is 0 Å². The Hall–Kier alpha value is -1.86. The minimum Gasteiger partial charge on any atom is -0.383 e. The van der Waals surface area contributed by atoms with Crippen molar-refractivity contribution in [2.24, 2.45) is 0 Å². The SMILES string of the molecule is CCc1ccccc1CNS(=O)(=O)c1cn[nH]c1N. The lowest BCUT2D eigenvalue weighted by Crippen LogP contribution is -2.24. The van der Waals surface area contributed by atoms with Crippen LogP contribution in [0.25, 0.3) is 0 Å². The summed E-state index contributed by atoms with van der Waals surface area (Å²) in [7, 11) is -3.64. The summed E-state index contributed by atoms with van der Waals surface area (Å²) in [6.07, 6.45) is 2.05. The van der Waals surface area contributed by atoms with Gasteiger partial charge in [0, 0.05) is 6.54 Å². The number of rotatable bonds is 5. The maximum Gasteiger partial charge on any atom is 0.246 e. The molecule has 1 heterocycles. The molecule has 7 heteroatoms. The molecule has 0 aliphatic rings. The van der Waals surface area contributed by atoms with Gasteiger partial charge in [0.1, 0.15) is 10.7 Å². The number of anilines is 1. The van der Waals surface area contributed by atoms with Crippen LogP contribution in [0.2, 0.25) is 0 Å². The summed E-state index contributed by atoms with van der Waals surface area (Å²) in [6, 6.07) is 7.70. The lowest BCUT2D eigenvalue weighted by Gasteiger charge is -2.09. The number of aromatic amines is 1. The van der Waals surface area contributed by atoms with Gasteiger partial charge < -0.3 is 5.73 Å². The van der Waals surface area contributed by atoms with Crippen LogP contribution < -0.4 is 10.5 Å². The van der Waals surface area contributed by atoms with Crippen molar-refractivity contribution in [3.05, 3.63) is 41.6 Å². The zero-order valence-corrected chi connectivity index (χ0v) is 11.4. The number of nitrogens with two attached hydrogens (primary N) is 1. The smallest absolute Gasteiger partial charge is 0.246 e. The number of nitrogens with zero attached hydrogens (tertiary/aromatic N) is 1. The van der Waals surface area contributed by atoms with Gasteiger partial charge in [-0.1, -0.05) is 31.2 Å². The molecular weight excluding hydrogens is 264 g/mol. The second-order valence-corrected chi connectivity index (χ2v) is 5.83. The Balaban J connectivity index is 2.17. The molecule has 0 bridgehead atoms. The lowest BCUT2D eigenvalue weighted by atomic mass is 10.1. The summed E-state index contributed by atoms with van der Waals surface area (Å²) in [4.78, 5) is -0.0264. The van der Waals surface area contributed by atoms with Gasteiger partial charge >= 0.3 is 0 Å². The molecule has 0 aliphatic heterocycles. The zero-order valence-electron chi connectivity index (χ0n) is 10.6. The summed E-state index contributed by atoms with van der Waals surface area (Å²) in [5.41, 5.74) is 7.58. The van der Waals surface area contributed by atoms with E-state index in [-0.39, 0.29) is 17.3 Å². The maximum absolute atomic E-state index is 12.0. The van der Waals surface area contributed by atoms with Crippen molar-refractivity contribution in [3.8, 4) is 0 Å². The van der Waals surface area contributed by atoms with Gasteiger partial charge in [0.05, 0.1) is 6.20 Å². The number of hydrogen-bond donors (Lipinski definition) is 3. The topological polar surface area (TPSA) is 101 Å². The van der Waals surface area contributed by atoms with Gasteiger partial charge in [0.25, 0.3) is 0 Å². The molecule has 2 rings (SSSR count). The molecule has 6 nitrogen and oxygen atoms in total. The van der Waals surface area contributed by atoms with Crippen molar-refractivity contribution in [1.29, 1.82) is 0 Å². The Morgan fingerprint density at radius 2 is 2.00 bits per heavy atom. The molecule has 0 radical (unpaired) electrons. The van der Waals surface area contributed by atoms with Crippen molar-refractivity contribution in [2.75, 3.05) is 5.73 Å². The van der Waals surface area contributed by atoms with Gasteiger partial charge in [0.2, 0.25) is 10.0 Å². The highest BCUT2D eigenvalue weighted by molar-refractivity contribution is 7.89. The predicted molar refractivity (Wildman–Crippen MR) is 72.8 cm³/mol. The Morgan fingerprint density at radius 1 is 1.32 bits per heavy atom. The number of nitrogens with one attached hydrogen (secondary N) is 2. The second-order valence-electron chi connectivity index (χ2n) is 4.09. The van der Waals surface area contributed by atoms with Crippen molar-refractivity contribution >= 4 is 15.8 Å². The first-order chi connectivity index (χ1) is 9.04. The monoisotopic (exact) mass is 280 g/mol. The van der Waals surface area contributed by atoms with Crippen LogP contribution in [-0.2, 0) is 23.0 Å². The molecule has 0 spiro atoms. The Kier molecular flexibility index (Phi) is 3.87. The van der Waals surface area contributed by atoms with E-state index in [1.807, 2.05) is 31.2 Å². The minimum absolute atomic E-state index is 0.0264. The molecule has 0 fully saturated rings. The third-order valence-corrected chi connectivity index (χ3v) is 4.30. The second kappa shape index (κ2) is 5.41. The van der Waals surface area contributed by atoms with E-state index in [4.69, 9.17) is 5.73 Å². The van der Waals surface area contributed by atoms with Gasteiger partial charge in [-0.3, -0.25) is 5.10 Å². The third kappa shape index (κ3) is 2.94. The molecule has 1 aromatic carbocycles. The standard InChI is InChI=1S/C12H16N4O2S/c1-2-9-5-3-4-6-10(9)7-15-19(17,18)11-8-14-16-12(11)13/h3-6,8,15H,2,7H2,1H3,(H3,13,14,16). The number of hydrogen-bond acceptors (Lipinski definition) is 4. The molecule has 4 N–H and O–H groups in total.